The van der Waals surface area contributed by atoms with Crippen molar-refractivity contribution >= 4 is 17.8 Å². The van der Waals surface area contributed by atoms with E-state index < -0.39 is 0 Å². The summed E-state index contributed by atoms with van der Waals surface area (Å²) in [6.45, 7) is 10.4. The quantitative estimate of drug-likeness (QED) is 0.662. The Morgan fingerprint density at radius 1 is 1.23 bits per heavy atom. The van der Waals surface area contributed by atoms with Gasteiger partial charge >= 0.3 is 0 Å². The summed E-state index contributed by atoms with van der Waals surface area (Å²) in [6.07, 6.45) is 8.84. The van der Waals surface area contributed by atoms with E-state index in [9.17, 15) is 0 Å². The van der Waals surface area contributed by atoms with E-state index >= 15 is 0 Å². The second-order valence-electron chi connectivity index (χ2n) is 9.77. The Morgan fingerprint density at radius 3 is 2.40 bits per heavy atom. The number of carboxylic acid groups (broad SMARTS) is 1. The Bertz CT molecular complexity index is 654. The molecule has 6 nitrogen and oxygen atoms in total. The van der Waals surface area contributed by atoms with Crippen LogP contribution in [0, 0.1) is 17.8 Å². The molecule has 1 aliphatic heterocycles. The van der Waals surface area contributed by atoms with Gasteiger partial charge in [-0.25, -0.2) is 4.98 Å². The molecule has 0 amide bonds. The molecule has 6 rings (SSSR count). The van der Waals surface area contributed by atoms with Crippen LogP contribution in [0.25, 0.3) is 0 Å². The molecule has 0 atom stereocenters. The first kappa shape index (κ1) is 22.2. The van der Waals surface area contributed by atoms with Gasteiger partial charge in [0.05, 0.1) is 23.9 Å². The van der Waals surface area contributed by atoms with Crippen LogP contribution in [-0.4, -0.2) is 72.3 Å². The second kappa shape index (κ2) is 10.1. The molecular formula is C23H37N3O3S. The Morgan fingerprint density at radius 2 is 1.83 bits per heavy atom. The van der Waals surface area contributed by atoms with E-state index in [1.54, 1.807) is 0 Å². The third-order valence-corrected chi connectivity index (χ3v) is 8.85. The van der Waals surface area contributed by atoms with Crippen molar-refractivity contribution in [3.8, 4) is 0 Å². The molecule has 4 aliphatic carbocycles. The van der Waals surface area contributed by atoms with E-state index in [2.05, 4.69) is 22.1 Å². The van der Waals surface area contributed by atoms with E-state index in [0.29, 0.717) is 5.41 Å². The van der Waals surface area contributed by atoms with Crippen molar-refractivity contribution in [2.45, 2.75) is 57.4 Å². The van der Waals surface area contributed by atoms with Gasteiger partial charge in [-0.15, -0.1) is 11.3 Å². The fourth-order valence-electron chi connectivity index (χ4n) is 6.68. The number of hydrogen-bond donors (Lipinski definition) is 1. The van der Waals surface area contributed by atoms with Gasteiger partial charge in [0.1, 0.15) is 0 Å². The number of ether oxygens (including phenoxy) is 1. The van der Waals surface area contributed by atoms with E-state index in [-0.39, 0.29) is 6.47 Å². The molecular weight excluding hydrogens is 398 g/mol. The molecule has 4 bridgehead atoms. The van der Waals surface area contributed by atoms with E-state index in [0.717, 1.165) is 70.2 Å². The lowest BCUT2D eigenvalue weighted by Crippen LogP contribution is -2.48. The smallest absolute Gasteiger partial charge is 0.290 e. The van der Waals surface area contributed by atoms with Gasteiger partial charge in [-0.2, -0.15) is 0 Å². The normalized spacial score (nSPS) is 32.8. The van der Waals surface area contributed by atoms with Crippen LogP contribution < -0.4 is 0 Å². The number of morpholine rings is 1. The lowest BCUT2D eigenvalue weighted by atomic mass is 9.50. The van der Waals surface area contributed by atoms with Crippen molar-refractivity contribution in [1.82, 2.24) is 14.8 Å². The molecule has 5 fully saturated rings. The SMILES string of the molecule is CCN(CCN1CCOCC1)Cc1csc(C23CC4CC(CC(C4)C2)C3)n1.O=CO. The Hall–Kier alpha value is -1.02. The van der Waals surface area contributed by atoms with Crippen molar-refractivity contribution in [3.63, 3.8) is 0 Å². The highest BCUT2D eigenvalue weighted by molar-refractivity contribution is 7.09. The van der Waals surface area contributed by atoms with Gasteiger partial charge in [-0.3, -0.25) is 14.6 Å². The molecule has 4 saturated carbocycles. The maximum absolute atomic E-state index is 8.36. The Labute approximate surface area is 184 Å². The van der Waals surface area contributed by atoms with Crippen LogP contribution in [0.3, 0.4) is 0 Å². The van der Waals surface area contributed by atoms with E-state index in [4.69, 9.17) is 19.6 Å². The van der Waals surface area contributed by atoms with Crippen LogP contribution in [0.2, 0.25) is 0 Å². The molecule has 5 aliphatic rings. The first-order valence-corrected chi connectivity index (χ1v) is 12.6. The average Bonchev–Trinajstić information content (AvgIpc) is 3.21. The fraction of sp³-hybridized carbons (Fsp3) is 0.826. The summed E-state index contributed by atoms with van der Waals surface area (Å²) in [6, 6.07) is 0. The number of carbonyl (C=O) groups is 1. The molecule has 0 unspecified atom stereocenters. The molecule has 2 heterocycles. The first-order valence-electron chi connectivity index (χ1n) is 11.7. The number of nitrogens with zero attached hydrogens (tertiary/aromatic N) is 3. The van der Waals surface area contributed by atoms with E-state index in [1.807, 2.05) is 11.3 Å². The van der Waals surface area contributed by atoms with Gasteiger partial charge in [-0.1, -0.05) is 6.92 Å². The fourth-order valence-corrected chi connectivity index (χ4v) is 7.73. The zero-order valence-corrected chi connectivity index (χ0v) is 19.1. The van der Waals surface area contributed by atoms with Crippen molar-refractivity contribution < 1.29 is 14.6 Å². The molecule has 30 heavy (non-hydrogen) atoms. The maximum Gasteiger partial charge on any atom is 0.290 e. The molecule has 1 N–H and O–H groups in total. The number of rotatable bonds is 7. The minimum atomic E-state index is -0.250. The topological polar surface area (TPSA) is 65.9 Å². The lowest BCUT2D eigenvalue weighted by Gasteiger charge is -2.56. The predicted molar refractivity (Wildman–Crippen MR) is 119 cm³/mol. The number of aromatic nitrogens is 1. The van der Waals surface area contributed by atoms with Gasteiger partial charge in [0.25, 0.3) is 6.47 Å². The lowest BCUT2D eigenvalue weighted by molar-refractivity contribution is -0.122. The molecule has 168 valence electrons. The standard InChI is InChI=1S/C22H35N3OS.CH2O2/c1-2-24(3-4-25-5-7-26-8-6-25)15-20-16-27-21(23-20)22-12-17-9-18(13-22)11-19(10-17)14-22;2-1-3/h16-19H,2-15H2,1H3;1H,(H,2,3). The molecule has 0 aromatic carbocycles. The van der Waals surface area contributed by atoms with Gasteiger partial charge < -0.3 is 9.84 Å². The maximum atomic E-state index is 8.36. The molecule has 7 heteroatoms. The highest BCUT2D eigenvalue weighted by Crippen LogP contribution is 2.61. The van der Waals surface area contributed by atoms with Crippen molar-refractivity contribution in [2.24, 2.45) is 17.8 Å². The van der Waals surface area contributed by atoms with Crippen LogP contribution >= 0.6 is 11.3 Å². The zero-order chi connectivity index (χ0) is 21.0. The van der Waals surface area contributed by atoms with Gasteiger partial charge in [0.15, 0.2) is 0 Å². The van der Waals surface area contributed by atoms with Crippen LogP contribution in [0.5, 0.6) is 0 Å². The predicted octanol–water partition coefficient (Wildman–Crippen LogP) is 3.47. The number of likely N-dealkylation sites (N-methyl/N-ethyl adjacent to an activating group) is 1. The van der Waals surface area contributed by atoms with Gasteiger partial charge in [0.2, 0.25) is 0 Å². The summed E-state index contributed by atoms with van der Waals surface area (Å²) >= 11 is 1.97. The van der Waals surface area contributed by atoms with Crippen LogP contribution in [-0.2, 0) is 21.5 Å². The Kier molecular flexibility index (Phi) is 7.44. The third kappa shape index (κ3) is 5.06. The summed E-state index contributed by atoms with van der Waals surface area (Å²) < 4.78 is 5.47. The summed E-state index contributed by atoms with van der Waals surface area (Å²) in [5.74, 6) is 3.01. The first-order chi connectivity index (χ1) is 14.6. The monoisotopic (exact) mass is 435 g/mol. The Balaban J connectivity index is 0.000000687. The summed E-state index contributed by atoms with van der Waals surface area (Å²) in [5, 5.41) is 10.7. The molecule has 1 aromatic heterocycles. The van der Waals surface area contributed by atoms with Crippen molar-refractivity contribution in [3.05, 3.63) is 16.1 Å². The number of hydrogen-bond acceptors (Lipinski definition) is 6. The molecule has 0 radical (unpaired) electrons. The van der Waals surface area contributed by atoms with Gasteiger partial charge in [0, 0.05) is 43.5 Å². The van der Waals surface area contributed by atoms with Crippen LogP contribution in [0.1, 0.15) is 56.2 Å². The third-order valence-electron chi connectivity index (χ3n) is 7.71. The highest BCUT2D eigenvalue weighted by atomic mass is 32.1. The van der Waals surface area contributed by atoms with Gasteiger partial charge in [-0.05, 0) is 62.8 Å². The minimum Gasteiger partial charge on any atom is -0.483 e. The molecule has 0 spiro atoms. The number of thiazole rings is 1. The average molecular weight is 436 g/mol. The minimum absolute atomic E-state index is 0.250. The molecule has 1 aromatic rings. The summed E-state index contributed by atoms with van der Waals surface area (Å²) in [7, 11) is 0. The second-order valence-corrected chi connectivity index (χ2v) is 10.6. The zero-order valence-electron chi connectivity index (χ0n) is 18.3. The summed E-state index contributed by atoms with van der Waals surface area (Å²) in [5.41, 5.74) is 1.78. The largest absolute Gasteiger partial charge is 0.483 e. The van der Waals surface area contributed by atoms with Crippen molar-refractivity contribution in [2.75, 3.05) is 45.9 Å². The van der Waals surface area contributed by atoms with Crippen LogP contribution in [0.4, 0.5) is 0 Å². The van der Waals surface area contributed by atoms with Crippen molar-refractivity contribution in [1.29, 1.82) is 0 Å². The van der Waals surface area contributed by atoms with Crippen LogP contribution in [0.15, 0.2) is 5.38 Å². The molecule has 1 saturated heterocycles. The highest BCUT2D eigenvalue weighted by Gasteiger charge is 2.52. The summed E-state index contributed by atoms with van der Waals surface area (Å²) in [4.78, 5) is 18.7. The van der Waals surface area contributed by atoms with E-state index in [1.165, 1.54) is 49.2 Å².